The van der Waals surface area contributed by atoms with E-state index in [-0.39, 0.29) is 29.1 Å². The summed E-state index contributed by atoms with van der Waals surface area (Å²) < 4.78 is 5.51. The third kappa shape index (κ3) is 4.75. The van der Waals surface area contributed by atoms with Crippen LogP contribution in [0.1, 0.15) is 86.0 Å². The fourth-order valence-corrected chi connectivity index (χ4v) is 5.64. The van der Waals surface area contributed by atoms with Crippen LogP contribution in [0.25, 0.3) is 0 Å². The monoisotopic (exact) mass is 378 g/mol. The lowest BCUT2D eigenvalue weighted by atomic mass is 9.46. The number of rotatable bonds is 8. The maximum Gasteiger partial charge on any atom is 0.305 e. The molecule has 2 aliphatic carbocycles. The fourth-order valence-electron chi connectivity index (χ4n) is 5.64. The molecule has 0 spiro atoms. The molecular weight excluding hydrogens is 340 g/mol. The normalized spacial score (nSPS) is 34.3. The number of fused-ring (bicyclic) bond motifs is 1. The zero-order valence-corrected chi connectivity index (χ0v) is 17.8. The molecule has 0 aromatic rings. The first-order valence-electron chi connectivity index (χ1n) is 10.7. The van der Waals surface area contributed by atoms with Crippen molar-refractivity contribution in [3.8, 4) is 0 Å². The van der Waals surface area contributed by atoms with E-state index in [1.807, 2.05) is 6.92 Å². The molecular formula is C23H38O4. The molecule has 0 aliphatic heterocycles. The zero-order valence-electron chi connectivity index (χ0n) is 17.8. The number of aliphatic carboxylic acids is 1. The maximum absolute atomic E-state index is 11.7. The highest BCUT2D eigenvalue weighted by Crippen LogP contribution is 2.62. The van der Waals surface area contributed by atoms with Gasteiger partial charge in [0, 0.05) is 12.8 Å². The number of esters is 1. The predicted octanol–water partition coefficient (Wildman–Crippen LogP) is 5.61. The van der Waals surface area contributed by atoms with E-state index in [4.69, 9.17) is 9.84 Å². The summed E-state index contributed by atoms with van der Waals surface area (Å²) in [7, 11) is 0. The Morgan fingerprint density at radius 2 is 2.04 bits per heavy atom. The third-order valence-electron chi connectivity index (χ3n) is 7.74. The lowest BCUT2D eigenvalue weighted by molar-refractivity contribution is -0.143. The summed E-state index contributed by atoms with van der Waals surface area (Å²) in [5.41, 5.74) is 1.59. The first-order valence-corrected chi connectivity index (χ1v) is 10.7. The van der Waals surface area contributed by atoms with Crippen molar-refractivity contribution >= 4 is 11.9 Å². The molecule has 5 atom stereocenters. The van der Waals surface area contributed by atoms with Crippen LogP contribution in [0, 0.1) is 28.6 Å². The molecule has 0 amide bonds. The van der Waals surface area contributed by atoms with Crippen molar-refractivity contribution in [1.82, 2.24) is 0 Å². The summed E-state index contributed by atoms with van der Waals surface area (Å²) in [5.74, 6) is 0.575. The van der Waals surface area contributed by atoms with Crippen molar-refractivity contribution in [3.05, 3.63) is 11.6 Å². The van der Waals surface area contributed by atoms with E-state index < -0.39 is 5.97 Å². The molecule has 0 heterocycles. The summed E-state index contributed by atoms with van der Waals surface area (Å²) in [6, 6.07) is 0. The Hall–Kier alpha value is -1.32. The number of carboxylic acid groups (broad SMARTS) is 1. The van der Waals surface area contributed by atoms with Gasteiger partial charge >= 0.3 is 11.9 Å². The van der Waals surface area contributed by atoms with Crippen LogP contribution in [0.5, 0.6) is 0 Å². The highest BCUT2D eigenvalue weighted by atomic mass is 16.5. The molecule has 0 saturated heterocycles. The van der Waals surface area contributed by atoms with Gasteiger partial charge in [0.15, 0.2) is 0 Å². The zero-order chi connectivity index (χ0) is 20.2. The van der Waals surface area contributed by atoms with Gasteiger partial charge in [-0.1, -0.05) is 40.7 Å². The van der Waals surface area contributed by atoms with Gasteiger partial charge in [-0.3, -0.25) is 9.59 Å². The molecule has 154 valence electrons. The number of hydrogen-bond donors (Lipinski definition) is 1. The lowest BCUT2D eigenvalue weighted by Crippen LogP contribution is -2.50. The topological polar surface area (TPSA) is 63.6 Å². The Bertz CT molecular complexity index is 581. The molecule has 1 saturated carbocycles. The average molecular weight is 379 g/mol. The average Bonchev–Trinajstić information content (AvgIpc) is 2.61. The number of carbonyl (C=O) groups is 2. The molecule has 27 heavy (non-hydrogen) atoms. The second-order valence-electron chi connectivity index (χ2n) is 9.48. The number of hydrogen-bond acceptors (Lipinski definition) is 3. The minimum Gasteiger partial charge on any atom is -0.481 e. The van der Waals surface area contributed by atoms with Crippen LogP contribution in [0.4, 0.5) is 0 Å². The molecule has 0 radical (unpaired) electrons. The van der Waals surface area contributed by atoms with Gasteiger partial charge in [0.1, 0.15) is 6.61 Å². The third-order valence-corrected chi connectivity index (χ3v) is 7.74. The number of carboxylic acids is 1. The van der Waals surface area contributed by atoms with E-state index in [2.05, 4.69) is 33.8 Å². The molecule has 0 aromatic heterocycles. The standard InChI is InChI=1S/C23H38O4/c1-6-21(26)27-15-18-8-7-9-19-22(4,12-10-16(2)14-20(24)25)17(3)11-13-23(18,19)5/h8,16-17,19H,6-7,9-15H2,1-5H3,(H,24,25)/t16-,17+,19-,22-,23+/m1/s1. The summed E-state index contributed by atoms with van der Waals surface area (Å²) >= 11 is 0. The smallest absolute Gasteiger partial charge is 0.305 e. The van der Waals surface area contributed by atoms with Crippen LogP contribution in [0.2, 0.25) is 0 Å². The Balaban J connectivity index is 2.16. The van der Waals surface area contributed by atoms with Crippen molar-refractivity contribution in [1.29, 1.82) is 0 Å². The Labute approximate surface area is 164 Å². The van der Waals surface area contributed by atoms with Gasteiger partial charge in [-0.2, -0.15) is 0 Å². The van der Waals surface area contributed by atoms with Gasteiger partial charge in [-0.15, -0.1) is 0 Å². The largest absolute Gasteiger partial charge is 0.481 e. The van der Waals surface area contributed by atoms with Crippen LogP contribution in [0.3, 0.4) is 0 Å². The van der Waals surface area contributed by atoms with Crippen molar-refractivity contribution < 1.29 is 19.4 Å². The number of allylic oxidation sites excluding steroid dienone is 1. The number of carbonyl (C=O) groups excluding carboxylic acids is 1. The van der Waals surface area contributed by atoms with Gasteiger partial charge in [0.05, 0.1) is 0 Å². The number of ether oxygens (including phenoxy) is 1. The first-order chi connectivity index (χ1) is 12.6. The molecule has 1 fully saturated rings. The first kappa shape index (κ1) is 22.0. The summed E-state index contributed by atoms with van der Waals surface area (Å²) in [4.78, 5) is 22.7. The van der Waals surface area contributed by atoms with Crippen LogP contribution < -0.4 is 0 Å². The molecule has 4 nitrogen and oxygen atoms in total. The van der Waals surface area contributed by atoms with E-state index in [0.717, 1.165) is 25.7 Å². The van der Waals surface area contributed by atoms with Gasteiger partial charge in [-0.05, 0) is 72.7 Å². The molecule has 2 rings (SSSR count). The molecule has 1 N–H and O–H groups in total. The summed E-state index contributed by atoms with van der Waals surface area (Å²) in [6.07, 6.45) is 9.57. The van der Waals surface area contributed by atoms with Crippen molar-refractivity contribution in [2.24, 2.45) is 28.6 Å². The van der Waals surface area contributed by atoms with Crippen molar-refractivity contribution in [2.45, 2.75) is 86.0 Å². The predicted molar refractivity (Wildman–Crippen MR) is 107 cm³/mol. The molecule has 0 bridgehead atoms. The molecule has 2 aliphatic rings. The van der Waals surface area contributed by atoms with Crippen LogP contribution >= 0.6 is 0 Å². The second kappa shape index (κ2) is 8.79. The highest BCUT2D eigenvalue weighted by molar-refractivity contribution is 5.69. The van der Waals surface area contributed by atoms with Gasteiger partial charge < -0.3 is 9.84 Å². The fraction of sp³-hybridized carbons (Fsp3) is 0.826. The van der Waals surface area contributed by atoms with E-state index in [0.29, 0.717) is 24.9 Å². The molecule has 0 aromatic carbocycles. The second-order valence-corrected chi connectivity index (χ2v) is 9.48. The quantitative estimate of drug-likeness (QED) is 0.440. The van der Waals surface area contributed by atoms with E-state index in [9.17, 15) is 9.59 Å². The van der Waals surface area contributed by atoms with E-state index in [1.54, 1.807) is 0 Å². The molecule has 4 heteroatoms. The van der Waals surface area contributed by atoms with Crippen LogP contribution in [0.15, 0.2) is 11.6 Å². The van der Waals surface area contributed by atoms with Gasteiger partial charge in [0.2, 0.25) is 0 Å². The van der Waals surface area contributed by atoms with Crippen LogP contribution in [-0.4, -0.2) is 23.7 Å². The molecule has 0 unspecified atom stereocenters. The van der Waals surface area contributed by atoms with E-state index >= 15 is 0 Å². The SMILES string of the molecule is CCC(=O)OCC1=CCC[C@@H]2[C@](C)(CC[C@@H](C)CC(=O)O)[C@@H](C)CC[C@@]12C. The minimum atomic E-state index is -0.699. The Morgan fingerprint density at radius 3 is 2.67 bits per heavy atom. The van der Waals surface area contributed by atoms with Gasteiger partial charge in [-0.25, -0.2) is 0 Å². The summed E-state index contributed by atoms with van der Waals surface area (Å²) in [5, 5.41) is 9.08. The Kier molecular flexibility index (Phi) is 7.15. The summed E-state index contributed by atoms with van der Waals surface area (Å²) in [6.45, 7) is 11.5. The lowest BCUT2D eigenvalue weighted by Gasteiger charge is -2.58. The minimum absolute atomic E-state index is 0.0869. The van der Waals surface area contributed by atoms with Gasteiger partial charge in [0.25, 0.3) is 0 Å². The Morgan fingerprint density at radius 1 is 1.33 bits per heavy atom. The maximum atomic E-state index is 11.7. The van der Waals surface area contributed by atoms with Crippen LogP contribution in [-0.2, 0) is 14.3 Å². The highest BCUT2D eigenvalue weighted by Gasteiger charge is 2.53. The van der Waals surface area contributed by atoms with Crippen molar-refractivity contribution in [2.75, 3.05) is 6.61 Å². The van der Waals surface area contributed by atoms with Crippen molar-refractivity contribution in [3.63, 3.8) is 0 Å². The van der Waals surface area contributed by atoms with E-state index in [1.165, 1.54) is 18.4 Å².